The number of ether oxygens (including phenoxy) is 2. The third-order valence-electron chi connectivity index (χ3n) is 6.54. The highest BCUT2D eigenvalue weighted by Crippen LogP contribution is 2.32. The van der Waals surface area contributed by atoms with Crippen LogP contribution in [0.15, 0.2) is 18.2 Å². The van der Waals surface area contributed by atoms with Crippen LogP contribution in [0, 0.1) is 19.8 Å². The molecule has 6 heteroatoms. The molecule has 28 heavy (non-hydrogen) atoms. The Morgan fingerprint density at radius 1 is 0.929 bits per heavy atom. The molecule has 1 aromatic carbocycles. The van der Waals surface area contributed by atoms with Gasteiger partial charge in [-0.05, 0) is 49.9 Å². The number of likely N-dealkylation sites (tertiary alicyclic amines) is 2. The Kier molecular flexibility index (Phi) is 5.43. The molecule has 4 rings (SSSR count). The van der Waals surface area contributed by atoms with Gasteiger partial charge in [-0.25, -0.2) is 0 Å². The van der Waals surface area contributed by atoms with Crippen molar-refractivity contribution >= 4 is 11.8 Å². The molecule has 0 saturated carbocycles. The Balaban J connectivity index is 1.29. The fourth-order valence-corrected chi connectivity index (χ4v) is 4.50. The summed E-state index contributed by atoms with van der Waals surface area (Å²) in [6.45, 7) is 8.07. The lowest BCUT2D eigenvalue weighted by Gasteiger charge is -2.40. The van der Waals surface area contributed by atoms with Crippen LogP contribution in [0.3, 0.4) is 0 Å². The Labute approximate surface area is 166 Å². The molecule has 0 N–H and O–H groups in total. The minimum absolute atomic E-state index is 0.0169. The fourth-order valence-electron chi connectivity index (χ4n) is 4.50. The molecule has 3 heterocycles. The number of hydrogen-bond donors (Lipinski definition) is 0. The minimum Gasteiger partial charge on any atom is -0.347 e. The molecule has 1 aromatic rings. The first-order valence-corrected chi connectivity index (χ1v) is 10.4. The Hall–Kier alpha value is -1.92. The second kappa shape index (κ2) is 7.84. The zero-order valence-electron chi connectivity index (χ0n) is 16.9. The molecule has 152 valence electrons. The summed E-state index contributed by atoms with van der Waals surface area (Å²) in [6, 6.07) is 5.87. The Bertz CT molecular complexity index is 739. The quantitative estimate of drug-likeness (QED) is 0.784. The summed E-state index contributed by atoms with van der Waals surface area (Å²) in [5.74, 6) is -0.127. The van der Waals surface area contributed by atoms with Crippen molar-refractivity contribution in [2.45, 2.75) is 45.3 Å². The number of hydrogen-bond acceptors (Lipinski definition) is 4. The number of carbonyl (C=O) groups excluding carboxylic acids is 2. The second-order valence-corrected chi connectivity index (χ2v) is 8.30. The van der Waals surface area contributed by atoms with Crippen molar-refractivity contribution in [2.24, 2.45) is 5.92 Å². The molecule has 0 bridgehead atoms. The first kappa shape index (κ1) is 19.4. The van der Waals surface area contributed by atoms with E-state index in [9.17, 15) is 9.59 Å². The van der Waals surface area contributed by atoms with Crippen molar-refractivity contribution in [2.75, 3.05) is 39.4 Å². The molecular formula is C22H30N2O4. The molecule has 3 saturated heterocycles. The van der Waals surface area contributed by atoms with Crippen molar-refractivity contribution in [3.05, 3.63) is 34.9 Å². The van der Waals surface area contributed by atoms with E-state index < -0.39 is 5.79 Å². The van der Waals surface area contributed by atoms with Crippen LogP contribution in [-0.2, 0) is 14.3 Å². The molecule has 0 atom stereocenters. The molecule has 3 fully saturated rings. The van der Waals surface area contributed by atoms with E-state index in [4.69, 9.17) is 9.47 Å². The van der Waals surface area contributed by atoms with Gasteiger partial charge in [-0.15, -0.1) is 0 Å². The van der Waals surface area contributed by atoms with Crippen LogP contribution in [0.1, 0.15) is 47.2 Å². The maximum atomic E-state index is 12.9. The van der Waals surface area contributed by atoms with E-state index in [2.05, 4.69) is 0 Å². The molecule has 3 aliphatic rings. The average Bonchev–Trinajstić information content (AvgIpc) is 3.17. The van der Waals surface area contributed by atoms with Gasteiger partial charge in [-0.1, -0.05) is 6.07 Å². The predicted molar refractivity (Wildman–Crippen MR) is 105 cm³/mol. The van der Waals surface area contributed by atoms with E-state index in [1.54, 1.807) is 0 Å². The summed E-state index contributed by atoms with van der Waals surface area (Å²) < 4.78 is 11.5. The number of rotatable bonds is 2. The van der Waals surface area contributed by atoms with Crippen LogP contribution in [0.5, 0.6) is 0 Å². The third-order valence-corrected chi connectivity index (χ3v) is 6.54. The standard InChI is InChI=1S/C22H30N2O4/c1-16-3-4-19(15-17(16)2)21(26)23-9-5-18(6-10-23)20(25)24-11-7-22(8-12-24)27-13-14-28-22/h3-4,15,18H,5-14H2,1-2H3. The molecule has 1 spiro atoms. The Morgan fingerprint density at radius 3 is 2.18 bits per heavy atom. The molecule has 0 radical (unpaired) electrons. The summed E-state index contributed by atoms with van der Waals surface area (Å²) in [4.78, 5) is 29.6. The van der Waals surface area contributed by atoms with Gasteiger partial charge in [0, 0.05) is 50.5 Å². The topological polar surface area (TPSA) is 59.1 Å². The highest BCUT2D eigenvalue weighted by atomic mass is 16.7. The molecular weight excluding hydrogens is 356 g/mol. The van der Waals surface area contributed by atoms with Gasteiger partial charge < -0.3 is 19.3 Å². The van der Waals surface area contributed by atoms with Gasteiger partial charge in [0.25, 0.3) is 5.91 Å². The lowest BCUT2D eigenvalue weighted by Crippen LogP contribution is -2.50. The van der Waals surface area contributed by atoms with Crippen LogP contribution >= 0.6 is 0 Å². The van der Waals surface area contributed by atoms with E-state index in [1.807, 2.05) is 41.8 Å². The largest absolute Gasteiger partial charge is 0.347 e. The normalized spacial score (nSPS) is 22.6. The molecule has 0 unspecified atom stereocenters. The van der Waals surface area contributed by atoms with Crippen LogP contribution < -0.4 is 0 Å². The van der Waals surface area contributed by atoms with Gasteiger partial charge in [0.1, 0.15) is 0 Å². The van der Waals surface area contributed by atoms with Gasteiger partial charge in [0.2, 0.25) is 5.91 Å². The van der Waals surface area contributed by atoms with Gasteiger partial charge in [-0.3, -0.25) is 9.59 Å². The highest BCUT2D eigenvalue weighted by molar-refractivity contribution is 5.94. The number of carbonyl (C=O) groups is 2. The first-order valence-electron chi connectivity index (χ1n) is 10.4. The highest BCUT2D eigenvalue weighted by Gasteiger charge is 2.42. The van der Waals surface area contributed by atoms with Crippen molar-refractivity contribution < 1.29 is 19.1 Å². The van der Waals surface area contributed by atoms with Crippen LogP contribution in [0.4, 0.5) is 0 Å². The lowest BCUT2D eigenvalue weighted by molar-refractivity contribution is -0.188. The molecule has 2 amide bonds. The summed E-state index contributed by atoms with van der Waals surface area (Å²) in [5, 5.41) is 0. The van der Waals surface area contributed by atoms with Gasteiger partial charge in [-0.2, -0.15) is 0 Å². The summed E-state index contributed by atoms with van der Waals surface area (Å²) in [7, 11) is 0. The average molecular weight is 386 g/mol. The van der Waals surface area contributed by atoms with E-state index in [-0.39, 0.29) is 17.7 Å². The fraction of sp³-hybridized carbons (Fsp3) is 0.636. The van der Waals surface area contributed by atoms with Gasteiger partial charge in [0.05, 0.1) is 13.2 Å². The smallest absolute Gasteiger partial charge is 0.253 e. The van der Waals surface area contributed by atoms with Crippen LogP contribution in [0.2, 0.25) is 0 Å². The molecule has 0 aliphatic carbocycles. The number of amides is 2. The van der Waals surface area contributed by atoms with Crippen LogP contribution in [-0.4, -0.2) is 66.8 Å². The van der Waals surface area contributed by atoms with Crippen molar-refractivity contribution in [1.29, 1.82) is 0 Å². The SMILES string of the molecule is Cc1ccc(C(=O)N2CCC(C(=O)N3CCC4(CC3)OCCO4)CC2)cc1C. The zero-order chi connectivity index (χ0) is 19.7. The second-order valence-electron chi connectivity index (χ2n) is 8.30. The summed E-state index contributed by atoms with van der Waals surface area (Å²) >= 11 is 0. The summed E-state index contributed by atoms with van der Waals surface area (Å²) in [6.07, 6.45) is 2.99. The van der Waals surface area contributed by atoms with Crippen molar-refractivity contribution in [1.82, 2.24) is 9.80 Å². The Morgan fingerprint density at radius 2 is 1.57 bits per heavy atom. The number of benzene rings is 1. The van der Waals surface area contributed by atoms with Crippen molar-refractivity contribution in [3.8, 4) is 0 Å². The zero-order valence-corrected chi connectivity index (χ0v) is 16.9. The molecule has 3 aliphatic heterocycles. The summed E-state index contributed by atoms with van der Waals surface area (Å²) in [5.41, 5.74) is 3.07. The number of piperidine rings is 2. The minimum atomic E-state index is -0.446. The number of nitrogens with zero attached hydrogens (tertiary/aromatic N) is 2. The van der Waals surface area contributed by atoms with Crippen LogP contribution in [0.25, 0.3) is 0 Å². The van der Waals surface area contributed by atoms with Gasteiger partial charge in [0.15, 0.2) is 5.79 Å². The molecule has 0 aromatic heterocycles. The maximum absolute atomic E-state index is 12.9. The maximum Gasteiger partial charge on any atom is 0.253 e. The number of aryl methyl sites for hydroxylation is 2. The monoisotopic (exact) mass is 386 g/mol. The third kappa shape index (κ3) is 3.80. The van der Waals surface area contributed by atoms with E-state index in [1.165, 1.54) is 5.56 Å². The van der Waals surface area contributed by atoms with E-state index >= 15 is 0 Å². The van der Waals surface area contributed by atoms with E-state index in [0.29, 0.717) is 39.4 Å². The predicted octanol–water partition coefficient (Wildman–Crippen LogP) is 2.52. The van der Waals surface area contributed by atoms with Gasteiger partial charge >= 0.3 is 0 Å². The van der Waals surface area contributed by atoms with Crippen molar-refractivity contribution in [3.63, 3.8) is 0 Å². The molecule has 6 nitrogen and oxygen atoms in total. The lowest BCUT2D eigenvalue weighted by atomic mass is 9.93. The first-order chi connectivity index (χ1) is 13.5. The van der Waals surface area contributed by atoms with E-state index in [0.717, 1.165) is 36.8 Å².